The fourth-order valence-corrected chi connectivity index (χ4v) is 3.79. The summed E-state index contributed by atoms with van der Waals surface area (Å²) in [6.45, 7) is 3.06. The monoisotopic (exact) mass is 335 g/mol. The second-order valence-electron chi connectivity index (χ2n) is 5.30. The molecule has 1 N–H and O–H groups in total. The lowest BCUT2D eigenvalue weighted by atomic mass is 10.1. The highest BCUT2D eigenvalue weighted by Gasteiger charge is 2.32. The second-order valence-corrected chi connectivity index (χ2v) is 7.16. The van der Waals surface area contributed by atoms with Gasteiger partial charge in [-0.15, -0.1) is 0 Å². The highest BCUT2D eigenvalue weighted by molar-refractivity contribution is 7.88. The lowest BCUT2D eigenvalue weighted by Crippen LogP contribution is -2.50. The Labute approximate surface area is 134 Å². The minimum Gasteiger partial charge on any atom is -0.336 e. The van der Waals surface area contributed by atoms with Crippen LogP contribution >= 0.6 is 0 Å². The van der Waals surface area contributed by atoms with E-state index in [1.807, 2.05) is 25.1 Å². The van der Waals surface area contributed by atoms with Gasteiger partial charge in [0.25, 0.3) is 21.1 Å². The van der Waals surface area contributed by atoms with Gasteiger partial charge in [-0.25, -0.2) is 18.5 Å². The van der Waals surface area contributed by atoms with Crippen molar-refractivity contribution in [2.45, 2.75) is 12.1 Å². The molecule has 0 radical (unpaired) electrons. The Morgan fingerprint density at radius 3 is 2.48 bits per heavy atom. The van der Waals surface area contributed by atoms with Crippen LogP contribution in [0.3, 0.4) is 0 Å². The fraction of sp³-hybridized carbons (Fsp3) is 0.357. The van der Waals surface area contributed by atoms with Crippen LogP contribution in [-0.4, -0.2) is 64.9 Å². The molecular formula is C14H17N5O3S. The van der Waals surface area contributed by atoms with E-state index in [0.717, 1.165) is 11.9 Å². The van der Waals surface area contributed by atoms with Crippen molar-refractivity contribution in [3.63, 3.8) is 0 Å². The zero-order valence-electron chi connectivity index (χ0n) is 12.6. The summed E-state index contributed by atoms with van der Waals surface area (Å²) in [5, 5.41) is 5.77. The Bertz CT molecular complexity index is 796. The maximum Gasteiger partial charge on any atom is 0.278 e. The van der Waals surface area contributed by atoms with E-state index in [2.05, 4.69) is 15.2 Å². The molecule has 23 heavy (non-hydrogen) atoms. The highest BCUT2D eigenvalue weighted by atomic mass is 32.2. The Hall–Kier alpha value is -2.26. The molecule has 0 bridgehead atoms. The Morgan fingerprint density at radius 1 is 1.17 bits per heavy atom. The summed E-state index contributed by atoms with van der Waals surface area (Å²) >= 11 is 0. The highest BCUT2D eigenvalue weighted by Crippen LogP contribution is 2.16. The standard InChI is InChI=1S/C14H17N5O3S/c1-11-4-2-3-5-12(11)13(20)18-6-8-19(9-7-18)23(21,22)14-15-10-16-17-14/h2-5,10H,6-9H2,1H3,(H,15,16,17). The number of hydrogen-bond acceptors (Lipinski definition) is 5. The van der Waals surface area contributed by atoms with Crippen molar-refractivity contribution in [2.75, 3.05) is 26.2 Å². The van der Waals surface area contributed by atoms with Gasteiger partial charge in [0.05, 0.1) is 0 Å². The molecule has 0 aliphatic carbocycles. The summed E-state index contributed by atoms with van der Waals surface area (Å²) in [5.74, 6) is -0.0696. The number of rotatable bonds is 3. The third-order valence-corrected chi connectivity index (χ3v) is 5.61. The number of aromatic amines is 1. The summed E-state index contributed by atoms with van der Waals surface area (Å²) in [6.07, 6.45) is 1.16. The number of benzene rings is 1. The average molecular weight is 335 g/mol. The number of aromatic nitrogens is 3. The molecule has 2 aromatic rings. The van der Waals surface area contributed by atoms with Crippen LogP contribution < -0.4 is 0 Å². The van der Waals surface area contributed by atoms with E-state index in [1.165, 1.54) is 4.31 Å². The van der Waals surface area contributed by atoms with Crippen LogP contribution in [0, 0.1) is 6.92 Å². The van der Waals surface area contributed by atoms with Crippen LogP contribution in [0.5, 0.6) is 0 Å². The van der Waals surface area contributed by atoms with Gasteiger partial charge in [-0.1, -0.05) is 18.2 Å². The number of sulfonamides is 1. The van der Waals surface area contributed by atoms with Crippen LogP contribution in [0.25, 0.3) is 0 Å². The first-order chi connectivity index (χ1) is 11.0. The van der Waals surface area contributed by atoms with Gasteiger partial charge in [0.1, 0.15) is 6.33 Å². The van der Waals surface area contributed by atoms with Crippen molar-refractivity contribution in [1.82, 2.24) is 24.4 Å². The van der Waals surface area contributed by atoms with E-state index in [4.69, 9.17) is 0 Å². The smallest absolute Gasteiger partial charge is 0.278 e. The first-order valence-corrected chi connectivity index (χ1v) is 8.64. The normalized spacial score (nSPS) is 16.5. The predicted octanol–water partition coefficient (Wildman–Crippen LogP) is 0.260. The van der Waals surface area contributed by atoms with Gasteiger partial charge in [0.2, 0.25) is 0 Å². The van der Waals surface area contributed by atoms with Crippen LogP contribution in [-0.2, 0) is 10.0 Å². The number of carbonyl (C=O) groups excluding carboxylic acids is 1. The molecule has 1 aliphatic heterocycles. The minimum absolute atomic E-state index is 0.0696. The Morgan fingerprint density at radius 2 is 1.87 bits per heavy atom. The molecule has 0 unspecified atom stereocenters. The van der Waals surface area contributed by atoms with E-state index < -0.39 is 10.0 Å². The van der Waals surface area contributed by atoms with Gasteiger partial charge >= 0.3 is 0 Å². The zero-order chi connectivity index (χ0) is 16.4. The maximum atomic E-state index is 12.5. The van der Waals surface area contributed by atoms with Crippen molar-refractivity contribution < 1.29 is 13.2 Å². The van der Waals surface area contributed by atoms with Gasteiger partial charge in [-0.3, -0.25) is 4.79 Å². The van der Waals surface area contributed by atoms with Gasteiger partial charge < -0.3 is 4.90 Å². The zero-order valence-corrected chi connectivity index (χ0v) is 13.5. The van der Waals surface area contributed by atoms with Crippen LogP contribution in [0.4, 0.5) is 0 Å². The molecule has 3 rings (SSSR count). The Kier molecular flexibility index (Phi) is 4.14. The number of H-pyrrole nitrogens is 1. The SMILES string of the molecule is Cc1ccccc1C(=O)N1CCN(S(=O)(=O)c2ncn[nH]2)CC1. The molecule has 1 amide bonds. The molecule has 9 heteroatoms. The summed E-state index contributed by atoms with van der Waals surface area (Å²) < 4.78 is 26.0. The molecule has 1 aliphatic rings. The predicted molar refractivity (Wildman–Crippen MR) is 82.2 cm³/mol. The molecule has 0 saturated carbocycles. The molecule has 1 fully saturated rings. The van der Waals surface area contributed by atoms with E-state index >= 15 is 0 Å². The summed E-state index contributed by atoms with van der Waals surface area (Å²) in [7, 11) is -3.67. The van der Waals surface area contributed by atoms with Crippen LogP contribution in [0.15, 0.2) is 35.7 Å². The third-order valence-electron chi connectivity index (χ3n) is 3.88. The number of amides is 1. The molecule has 1 saturated heterocycles. The number of nitrogens with zero attached hydrogens (tertiary/aromatic N) is 4. The van der Waals surface area contributed by atoms with Crippen LogP contribution in [0.2, 0.25) is 0 Å². The van der Waals surface area contributed by atoms with E-state index in [9.17, 15) is 13.2 Å². The van der Waals surface area contributed by atoms with Gasteiger partial charge in [-0.2, -0.15) is 9.40 Å². The number of carbonyl (C=O) groups is 1. The lowest BCUT2D eigenvalue weighted by Gasteiger charge is -2.33. The largest absolute Gasteiger partial charge is 0.336 e. The number of nitrogens with one attached hydrogen (secondary N) is 1. The quantitative estimate of drug-likeness (QED) is 0.867. The Balaban J connectivity index is 1.70. The molecule has 122 valence electrons. The lowest BCUT2D eigenvalue weighted by molar-refractivity contribution is 0.0697. The second kappa shape index (κ2) is 6.09. The first kappa shape index (κ1) is 15.6. The summed E-state index contributed by atoms with van der Waals surface area (Å²) in [5.41, 5.74) is 1.56. The van der Waals surface area contributed by atoms with Gasteiger partial charge in [0.15, 0.2) is 0 Å². The number of aryl methyl sites for hydroxylation is 1. The third kappa shape index (κ3) is 2.97. The van der Waals surface area contributed by atoms with Crippen molar-refractivity contribution in [3.8, 4) is 0 Å². The number of hydrogen-bond donors (Lipinski definition) is 1. The molecule has 2 heterocycles. The fourth-order valence-electron chi connectivity index (χ4n) is 2.56. The van der Waals surface area contributed by atoms with Gasteiger partial charge in [-0.05, 0) is 18.6 Å². The molecule has 1 aromatic carbocycles. The maximum absolute atomic E-state index is 12.5. The molecular weight excluding hydrogens is 318 g/mol. The average Bonchev–Trinajstić information content (AvgIpc) is 3.10. The van der Waals surface area contributed by atoms with Crippen molar-refractivity contribution in [1.29, 1.82) is 0 Å². The van der Waals surface area contributed by atoms with E-state index in [-0.39, 0.29) is 24.2 Å². The molecule has 0 atom stereocenters. The van der Waals surface area contributed by atoms with E-state index in [1.54, 1.807) is 11.0 Å². The molecule has 0 spiro atoms. The minimum atomic E-state index is -3.67. The summed E-state index contributed by atoms with van der Waals surface area (Å²) in [6, 6.07) is 7.38. The van der Waals surface area contributed by atoms with Crippen molar-refractivity contribution in [2.24, 2.45) is 0 Å². The molecule has 1 aromatic heterocycles. The molecule has 8 nitrogen and oxygen atoms in total. The number of piperazine rings is 1. The summed E-state index contributed by atoms with van der Waals surface area (Å²) in [4.78, 5) is 17.9. The topological polar surface area (TPSA) is 99.3 Å². The first-order valence-electron chi connectivity index (χ1n) is 7.20. The van der Waals surface area contributed by atoms with Crippen molar-refractivity contribution in [3.05, 3.63) is 41.7 Å². The van der Waals surface area contributed by atoms with E-state index in [0.29, 0.717) is 18.7 Å². The van der Waals surface area contributed by atoms with Crippen LogP contribution in [0.1, 0.15) is 15.9 Å². The van der Waals surface area contributed by atoms with Gasteiger partial charge in [0, 0.05) is 31.7 Å². The van der Waals surface area contributed by atoms with Crippen molar-refractivity contribution >= 4 is 15.9 Å².